The van der Waals surface area contributed by atoms with Crippen LogP contribution in [-0.4, -0.2) is 25.6 Å². The van der Waals surface area contributed by atoms with Gasteiger partial charge in [-0.05, 0) is 19.1 Å². The van der Waals surface area contributed by atoms with Crippen LogP contribution in [0.5, 0.6) is 0 Å². The van der Waals surface area contributed by atoms with Crippen molar-refractivity contribution in [1.29, 1.82) is 0 Å². The number of pyridine rings is 1. The summed E-state index contributed by atoms with van der Waals surface area (Å²) in [7, 11) is 1.80. The molecule has 0 saturated heterocycles. The predicted molar refractivity (Wildman–Crippen MR) is 82.2 cm³/mol. The molecule has 22 heavy (non-hydrogen) atoms. The molecule has 3 aromatic rings. The highest BCUT2D eigenvalue weighted by molar-refractivity contribution is 7.17. The lowest BCUT2D eigenvalue weighted by Crippen LogP contribution is -2.10. The number of nitro groups is 1. The monoisotopic (exact) mass is 317 g/mol. The highest BCUT2D eigenvalue weighted by Crippen LogP contribution is 2.25. The molecular formula is C13H11N5O3S. The molecule has 0 atom stereocenters. The van der Waals surface area contributed by atoms with Crippen LogP contribution in [0.3, 0.4) is 0 Å². The van der Waals surface area contributed by atoms with Crippen molar-refractivity contribution in [1.82, 2.24) is 14.8 Å². The number of nitrogens with one attached hydrogen (secondary N) is 1. The Kier molecular flexibility index (Phi) is 3.33. The number of thiophene rings is 1. The number of rotatable bonds is 3. The van der Waals surface area contributed by atoms with Crippen molar-refractivity contribution < 1.29 is 9.72 Å². The SMILES string of the molecule is Cc1nn(C)c2ncc(NC(=O)c3ccc([N+](=O)[O-])s3)cc12. The first-order valence-electron chi connectivity index (χ1n) is 6.30. The summed E-state index contributed by atoms with van der Waals surface area (Å²) in [6.07, 6.45) is 1.53. The third-order valence-electron chi connectivity index (χ3n) is 3.12. The van der Waals surface area contributed by atoms with Crippen LogP contribution in [0.4, 0.5) is 10.7 Å². The fourth-order valence-corrected chi connectivity index (χ4v) is 2.83. The van der Waals surface area contributed by atoms with Crippen molar-refractivity contribution in [3.63, 3.8) is 0 Å². The Labute approximate surface area is 128 Å². The molecule has 0 aliphatic rings. The highest BCUT2D eigenvalue weighted by atomic mass is 32.1. The first kappa shape index (κ1) is 14.1. The molecule has 0 saturated carbocycles. The molecule has 0 aliphatic heterocycles. The first-order chi connectivity index (χ1) is 10.5. The number of nitrogens with zero attached hydrogens (tertiary/aromatic N) is 4. The van der Waals surface area contributed by atoms with E-state index in [-0.39, 0.29) is 9.88 Å². The molecule has 9 heteroatoms. The second-order valence-corrected chi connectivity index (χ2v) is 5.72. The van der Waals surface area contributed by atoms with Gasteiger partial charge in [-0.25, -0.2) is 4.98 Å². The van der Waals surface area contributed by atoms with E-state index in [1.165, 1.54) is 18.3 Å². The third kappa shape index (κ3) is 2.42. The average Bonchev–Trinajstić information content (AvgIpc) is 3.05. The smallest absolute Gasteiger partial charge is 0.320 e. The van der Waals surface area contributed by atoms with E-state index >= 15 is 0 Å². The maximum absolute atomic E-state index is 12.1. The minimum Gasteiger partial charge on any atom is -0.320 e. The number of carbonyl (C=O) groups excluding carboxylic acids is 1. The molecule has 3 heterocycles. The van der Waals surface area contributed by atoms with Gasteiger partial charge in [0.1, 0.15) is 0 Å². The van der Waals surface area contributed by atoms with Crippen LogP contribution in [0, 0.1) is 17.0 Å². The summed E-state index contributed by atoms with van der Waals surface area (Å²) < 4.78 is 1.67. The molecule has 112 valence electrons. The molecule has 8 nitrogen and oxygen atoms in total. The van der Waals surface area contributed by atoms with Crippen LogP contribution < -0.4 is 5.32 Å². The molecule has 0 spiro atoms. The lowest BCUT2D eigenvalue weighted by molar-refractivity contribution is -0.380. The fourth-order valence-electron chi connectivity index (χ4n) is 2.12. The Balaban J connectivity index is 1.87. The summed E-state index contributed by atoms with van der Waals surface area (Å²) in [6, 6.07) is 4.52. The zero-order chi connectivity index (χ0) is 15.9. The lowest BCUT2D eigenvalue weighted by Gasteiger charge is -2.03. The number of amides is 1. The fraction of sp³-hybridized carbons (Fsp3) is 0.154. The van der Waals surface area contributed by atoms with Gasteiger partial charge in [0.25, 0.3) is 5.91 Å². The van der Waals surface area contributed by atoms with Crippen LogP contribution in [-0.2, 0) is 7.05 Å². The van der Waals surface area contributed by atoms with Gasteiger partial charge in [0.15, 0.2) is 5.65 Å². The van der Waals surface area contributed by atoms with Gasteiger partial charge in [0.05, 0.1) is 27.4 Å². The number of hydrogen-bond donors (Lipinski definition) is 1. The lowest BCUT2D eigenvalue weighted by atomic mass is 10.2. The second kappa shape index (κ2) is 5.19. The number of fused-ring (bicyclic) bond motifs is 1. The molecule has 1 amide bonds. The van der Waals surface area contributed by atoms with Crippen LogP contribution >= 0.6 is 11.3 Å². The van der Waals surface area contributed by atoms with E-state index in [9.17, 15) is 14.9 Å². The van der Waals surface area contributed by atoms with Gasteiger partial charge in [-0.2, -0.15) is 5.10 Å². The Morgan fingerprint density at radius 1 is 1.45 bits per heavy atom. The minimum atomic E-state index is -0.520. The van der Waals surface area contributed by atoms with Crippen molar-refractivity contribution in [2.45, 2.75) is 6.92 Å². The Morgan fingerprint density at radius 2 is 2.23 bits per heavy atom. The minimum absolute atomic E-state index is 0.0677. The van der Waals surface area contributed by atoms with E-state index in [0.29, 0.717) is 5.69 Å². The summed E-state index contributed by atoms with van der Waals surface area (Å²) in [5.41, 5.74) is 2.06. The molecule has 3 rings (SSSR count). The molecule has 0 fully saturated rings. The maximum atomic E-state index is 12.1. The number of aryl methyl sites for hydroxylation is 2. The molecule has 0 bridgehead atoms. The van der Waals surface area contributed by atoms with E-state index in [2.05, 4.69) is 15.4 Å². The summed E-state index contributed by atoms with van der Waals surface area (Å²) in [5, 5.41) is 18.4. The van der Waals surface area contributed by atoms with Gasteiger partial charge in [0.2, 0.25) is 0 Å². The van der Waals surface area contributed by atoms with Gasteiger partial charge < -0.3 is 5.32 Å². The number of hydrogen-bond acceptors (Lipinski definition) is 6. The van der Waals surface area contributed by atoms with E-state index in [1.54, 1.807) is 17.8 Å². The van der Waals surface area contributed by atoms with Crippen LogP contribution in [0.2, 0.25) is 0 Å². The van der Waals surface area contributed by atoms with Crippen molar-refractivity contribution in [3.8, 4) is 0 Å². The molecule has 0 aromatic carbocycles. The number of carbonyl (C=O) groups is 1. The zero-order valence-corrected chi connectivity index (χ0v) is 12.5. The van der Waals surface area contributed by atoms with Gasteiger partial charge in [-0.1, -0.05) is 11.3 Å². The number of anilines is 1. The maximum Gasteiger partial charge on any atom is 0.324 e. The predicted octanol–water partition coefficient (Wildman–Crippen LogP) is 2.50. The summed E-state index contributed by atoms with van der Waals surface area (Å²) in [6.45, 7) is 1.86. The largest absolute Gasteiger partial charge is 0.324 e. The molecule has 1 N–H and O–H groups in total. The van der Waals surface area contributed by atoms with Gasteiger partial charge in [0, 0.05) is 18.5 Å². The van der Waals surface area contributed by atoms with Gasteiger partial charge >= 0.3 is 5.00 Å². The topological polar surface area (TPSA) is 103 Å². The third-order valence-corrected chi connectivity index (χ3v) is 4.15. The van der Waals surface area contributed by atoms with Crippen molar-refractivity contribution in [3.05, 3.63) is 45.1 Å². The van der Waals surface area contributed by atoms with Gasteiger partial charge in [-0.3, -0.25) is 19.6 Å². The summed E-state index contributed by atoms with van der Waals surface area (Å²) in [4.78, 5) is 26.8. The molecule has 0 radical (unpaired) electrons. The van der Waals surface area contributed by atoms with Crippen LogP contribution in [0.25, 0.3) is 11.0 Å². The van der Waals surface area contributed by atoms with Crippen molar-refractivity contribution >= 4 is 39.0 Å². The van der Waals surface area contributed by atoms with E-state index in [0.717, 1.165) is 28.1 Å². The normalized spacial score (nSPS) is 10.8. The quantitative estimate of drug-likeness (QED) is 0.590. The van der Waals surface area contributed by atoms with Gasteiger partial charge in [-0.15, -0.1) is 0 Å². The Bertz CT molecular complexity index is 898. The average molecular weight is 317 g/mol. The van der Waals surface area contributed by atoms with Crippen LogP contribution in [0.1, 0.15) is 15.4 Å². The van der Waals surface area contributed by atoms with E-state index in [1.807, 2.05) is 6.92 Å². The second-order valence-electron chi connectivity index (χ2n) is 4.65. The Morgan fingerprint density at radius 3 is 2.91 bits per heavy atom. The van der Waals surface area contributed by atoms with Crippen LogP contribution in [0.15, 0.2) is 24.4 Å². The highest BCUT2D eigenvalue weighted by Gasteiger charge is 2.16. The standard InChI is InChI=1S/C13H11N5O3S/c1-7-9-5-8(6-14-12(9)17(2)16-7)15-13(19)10-3-4-11(22-10)18(20)21/h3-6H,1-2H3,(H,15,19). The van der Waals surface area contributed by atoms with E-state index in [4.69, 9.17) is 0 Å². The molecule has 3 aromatic heterocycles. The Hall–Kier alpha value is -2.81. The molecule has 0 unspecified atom stereocenters. The number of aromatic nitrogens is 3. The zero-order valence-electron chi connectivity index (χ0n) is 11.7. The molecular weight excluding hydrogens is 306 g/mol. The van der Waals surface area contributed by atoms with Crippen molar-refractivity contribution in [2.75, 3.05) is 5.32 Å². The summed E-state index contributed by atoms with van der Waals surface area (Å²) >= 11 is 0.831. The van der Waals surface area contributed by atoms with E-state index < -0.39 is 10.8 Å². The first-order valence-corrected chi connectivity index (χ1v) is 7.12. The van der Waals surface area contributed by atoms with Crippen molar-refractivity contribution in [2.24, 2.45) is 7.05 Å². The molecule has 0 aliphatic carbocycles. The summed E-state index contributed by atoms with van der Waals surface area (Å²) in [5.74, 6) is -0.402.